The highest BCUT2D eigenvalue weighted by atomic mass is 16.5. The molecule has 0 atom stereocenters. The van der Waals surface area contributed by atoms with E-state index in [4.69, 9.17) is 9.47 Å². The van der Waals surface area contributed by atoms with Gasteiger partial charge in [0, 0.05) is 53.5 Å². The predicted molar refractivity (Wildman–Crippen MR) is 159 cm³/mol. The Morgan fingerprint density at radius 1 is 0.829 bits per heavy atom. The van der Waals surface area contributed by atoms with Crippen LogP contribution < -0.4 is 14.8 Å². The number of hydrogen-bond donors (Lipinski definition) is 1. The number of benzene rings is 2. The number of ketones is 2. The number of nitrogens with zero attached hydrogens (tertiary/aromatic N) is 1. The lowest BCUT2D eigenvalue weighted by molar-refractivity contribution is -0.120. The molecule has 1 N–H and O–H groups in total. The molecule has 5 rings (SSSR count). The van der Waals surface area contributed by atoms with E-state index in [1.54, 1.807) is 31.4 Å². The maximum absolute atomic E-state index is 13.7. The highest BCUT2D eigenvalue weighted by Crippen LogP contribution is 2.54. The van der Waals surface area contributed by atoms with Crippen molar-refractivity contribution in [2.45, 2.75) is 66.2 Å². The van der Waals surface area contributed by atoms with E-state index in [0.717, 1.165) is 47.5 Å². The van der Waals surface area contributed by atoms with Crippen molar-refractivity contribution in [2.75, 3.05) is 25.6 Å². The van der Waals surface area contributed by atoms with Crippen LogP contribution in [0, 0.1) is 10.8 Å². The SMILES string of the molecule is CCN1C2=C(C(=O)CC(C)(C)C2)C(c2ccc(OCC(=O)Nc3ccc(OC)cc3)cc2)C2=C1CC(C)(C)CC2=O. The molecule has 0 bridgehead atoms. The molecule has 0 radical (unpaired) electrons. The van der Waals surface area contributed by atoms with Crippen LogP contribution in [0.4, 0.5) is 5.69 Å². The fourth-order valence-corrected chi connectivity index (χ4v) is 6.54. The van der Waals surface area contributed by atoms with Gasteiger partial charge < -0.3 is 19.7 Å². The minimum absolute atomic E-state index is 0.124. The molecule has 3 aliphatic rings. The molecule has 2 aliphatic carbocycles. The van der Waals surface area contributed by atoms with Gasteiger partial charge in [-0.15, -0.1) is 0 Å². The molecule has 1 aliphatic heterocycles. The second-order valence-electron chi connectivity index (χ2n) is 12.9. The summed E-state index contributed by atoms with van der Waals surface area (Å²) in [6.07, 6.45) is 2.53. The smallest absolute Gasteiger partial charge is 0.262 e. The Bertz CT molecular complexity index is 1380. The van der Waals surface area contributed by atoms with E-state index in [1.165, 1.54) is 0 Å². The number of rotatable bonds is 7. The van der Waals surface area contributed by atoms with Gasteiger partial charge in [-0.1, -0.05) is 39.8 Å². The number of carbonyl (C=O) groups is 3. The van der Waals surface area contributed by atoms with E-state index in [1.807, 2.05) is 24.3 Å². The number of nitrogens with one attached hydrogen (secondary N) is 1. The van der Waals surface area contributed by atoms with E-state index in [-0.39, 0.29) is 40.8 Å². The fourth-order valence-electron chi connectivity index (χ4n) is 6.54. The van der Waals surface area contributed by atoms with Crippen LogP contribution in [0.25, 0.3) is 0 Å². The molecule has 7 nitrogen and oxygen atoms in total. The quantitative estimate of drug-likeness (QED) is 0.424. The van der Waals surface area contributed by atoms with Crippen molar-refractivity contribution in [3.8, 4) is 11.5 Å². The minimum Gasteiger partial charge on any atom is -0.497 e. The van der Waals surface area contributed by atoms with E-state index in [0.29, 0.717) is 30.0 Å². The minimum atomic E-state index is -0.387. The van der Waals surface area contributed by atoms with Gasteiger partial charge >= 0.3 is 0 Å². The third-order valence-corrected chi connectivity index (χ3v) is 8.30. The first-order valence-electron chi connectivity index (χ1n) is 14.4. The lowest BCUT2D eigenvalue weighted by atomic mass is 9.63. The zero-order valence-electron chi connectivity index (χ0n) is 24.9. The molecule has 0 saturated carbocycles. The molecule has 1 amide bonds. The summed E-state index contributed by atoms with van der Waals surface area (Å²) in [6, 6.07) is 14.6. The van der Waals surface area contributed by atoms with Crippen molar-refractivity contribution < 1.29 is 23.9 Å². The van der Waals surface area contributed by atoms with Crippen molar-refractivity contribution >= 4 is 23.2 Å². The average molecular weight is 557 g/mol. The van der Waals surface area contributed by atoms with Crippen molar-refractivity contribution in [1.29, 1.82) is 0 Å². The van der Waals surface area contributed by atoms with E-state index >= 15 is 0 Å². The third-order valence-electron chi connectivity index (χ3n) is 8.30. The summed E-state index contributed by atoms with van der Waals surface area (Å²) in [5.41, 5.74) is 4.96. The van der Waals surface area contributed by atoms with Crippen molar-refractivity contribution in [3.63, 3.8) is 0 Å². The summed E-state index contributed by atoms with van der Waals surface area (Å²) >= 11 is 0. The molecule has 0 unspecified atom stereocenters. The summed E-state index contributed by atoms with van der Waals surface area (Å²) in [5, 5.41) is 2.81. The van der Waals surface area contributed by atoms with Crippen LogP contribution in [0.1, 0.15) is 71.8 Å². The zero-order chi connectivity index (χ0) is 29.5. The number of hydrogen-bond acceptors (Lipinski definition) is 6. The Morgan fingerprint density at radius 2 is 1.34 bits per heavy atom. The number of allylic oxidation sites excluding steroid dienone is 4. The summed E-state index contributed by atoms with van der Waals surface area (Å²) in [4.78, 5) is 42.2. The van der Waals surface area contributed by atoms with Gasteiger partial charge in [0.05, 0.1) is 7.11 Å². The van der Waals surface area contributed by atoms with Crippen LogP contribution in [-0.2, 0) is 14.4 Å². The van der Waals surface area contributed by atoms with Gasteiger partial charge in [0.2, 0.25) is 0 Å². The van der Waals surface area contributed by atoms with Crippen LogP contribution >= 0.6 is 0 Å². The highest BCUT2D eigenvalue weighted by Gasteiger charge is 2.48. The van der Waals surface area contributed by atoms with E-state index in [9.17, 15) is 14.4 Å². The topological polar surface area (TPSA) is 84.9 Å². The van der Waals surface area contributed by atoms with Gasteiger partial charge in [0.15, 0.2) is 18.2 Å². The van der Waals surface area contributed by atoms with Gasteiger partial charge in [0.25, 0.3) is 5.91 Å². The van der Waals surface area contributed by atoms with E-state index < -0.39 is 0 Å². The average Bonchev–Trinajstić information content (AvgIpc) is 2.90. The standard InChI is InChI=1S/C34H40N2O5/c1-7-36-25-16-33(2,3)18-27(37)31(25)30(32-26(36)17-34(4,5)19-28(32)38)21-8-12-24(13-9-21)41-20-29(39)35-22-10-14-23(40-6)15-11-22/h8-15,30H,7,16-20H2,1-6H3,(H,35,39). The predicted octanol–water partition coefficient (Wildman–Crippen LogP) is 6.42. The summed E-state index contributed by atoms with van der Waals surface area (Å²) in [7, 11) is 1.59. The first-order valence-corrected chi connectivity index (χ1v) is 14.4. The molecular formula is C34H40N2O5. The van der Waals surface area contributed by atoms with Gasteiger partial charge in [-0.25, -0.2) is 0 Å². The van der Waals surface area contributed by atoms with Gasteiger partial charge in [0.1, 0.15) is 11.5 Å². The van der Waals surface area contributed by atoms with Crippen LogP contribution in [0.5, 0.6) is 11.5 Å². The first kappa shape index (κ1) is 28.7. The lowest BCUT2D eigenvalue weighted by Gasteiger charge is -2.48. The van der Waals surface area contributed by atoms with Crippen LogP contribution in [0.15, 0.2) is 71.1 Å². The van der Waals surface area contributed by atoms with Gasteiger partial charge in [-0.3, -0.25) is 14.4 Å². The monoisotopic (exact) mass is 556 g/mol. The van der Waals surface area contributed by atoms with Crippen molar-refractivity contribution in [3.05, 3.63) is 76.6 Å². The van der Waals surface area contributed by atoms with Crippen LogP contribution in [0.3, 0.4) is 0 Å². The molecule has 0 aromatic heterocycles. The molecule has 2 aromatic rings. The Morgan fingerprint density at radius 3 is 1.83 bits per heavy atom. The number of carbonyl (C=O) groups excluding carboxylic acids is 3. The van der Waals surface area contributed by atoms with Gasteiger partial charge in [-0.05, 0) is 72.6 Å². The third kappa shape index (κ3) is 5.81. The molecule has 0 spiro atoms. The Labute approximate surface area is 242 Å². The lowest BCUT2D eigenvalue weighted by Crippen LogP contribution is -2.44. The summed E-state index contributed by atoms with van der Waals surface area (Å²) in [6.45, 7) is 11.3. The summed E-state index contributed by atoms with van der Waals surface area (Å²) < 4.78 is 10.9. The van der Waals surface area contributed by atoms with Gasteiger partial charge in [-0.2, -0.15) is 0 Å². The fraction of sp³-hybridized carbons (Fsp3) is 0.441. The number of Topliss-reactive ketones (excluding diaryl/α,β-unsaturated/α-hetero) is 2. The number of methoxy groups -OCH3 is 1. The second kappa shape index (κ2) is 10.8. The van der Waals surface area contributed by atoms with Crippen molar-refractivity contribution in [2.24, 2.45) is 10.8 Å². The molecular weight excluding hydrogens is 516 g/mol. The largest absolute Gasteiger partial charge is 0.497 e. The molecule has 41 heavy (non-hydrogen) atoms. The number of amides is 1. The molecule has 2 aromatic carbocycles. The molecule has 0 saturated heterocycles. The molecule has 7 heteroatoms. The summed E-state index contributed by atoms with van der Waals surface area (Å²) in [5.74, 6) is 0.839. The molecule has 216 valence electrons. The Kier molecular flexibility index (Phi) is 7.58. The second-order valence-corrected chi connectivity index (χ2v) is 12.9. The Hall–Kier alpha value is -3.87. The molecule has 1 heterocycles. The van der Waals surface area contributed by atoms with Crippen LogP contribution in [-0.4, -0.2) is 42.6 Å². The normalized spacial score (nSPS) is 20.0. The maximum Gasteiger partial charge on any atom is 0.262 e. The number of ether oxygens (including phenoxy) is 2. The molecule has 0 fully saturated rings. The zero-order valence-corrected chi connectivity index (χ0v) is 24.9. The maximum atomic E-state index is 13.7. The highest BCUT2D eigenvalue weighted by molar-refractivity contribution is 6.06. The Balaban J connectivity index is 1.42. The number of anilines is 1. The van der Waals surface area contributed by atoms with E-state index in [2.05, 4.69) is 44.8 Å². The van der Waals surface area contributed by atoms with Crippen molar-refractivity contribution in [1.82, 2.24) is 4.90 Å². The van der Waals surface area contributed by atoms with Crippen LogP contribution in [0.2, 0.25) is 0 Å². The first-order chi connectivity index (χ1) is 19.4.